The highest BCUT2D eigenvalue weighted by Gasteiger charge is 2.33. The summed E-state index contributed by atoms with van der Waals surface area (Å²) in [7, 11) is -0.882. The number of benzene rings is 2. The van der Waals surface area contributed by atoms with E-state index in [2.05, 4.69) is 0 Å². The fourth-order valence-electron chi connectivity index (χ4n) is 3.72. The van der Waals surface area contributed by atoms with E-state index < -0.39 is 10.0 Å². The van der Waals surface area contributed by atoms with Gasteiger partial charge < -0.3 is 14.4 Å². The molecule has 2 aromatic carbocycles. The van der Waals surface area contributed by atoms with Gasteiger partial charge in [-0.1, -0.05) is 30.3 Å². The molecule has 1 aliphatic heterocycles. The smallest absolute Gasteiger partial charge is 0.264 e. The van der Waals surface area contributed by atoms with E-state index in [1.165, 1.54) is 35.9 Å². The molecule has 0 spiro atoms. The molecular weight excluding hydrogens is 448 g/mol. The van der Waals surface area contributed by atoms with Gasteiger partial charge in [0.25, 0.3) is 5.91 Å². The summed E-state index contributed by atoms with van der Waals surface area (Å²) in [6.07, 6.45) is 0. The van der Waals surface area contributed by atoms with Crippen molar-refractivity contribution in [3.05, 3.63) is 64.9 Å². The van der Waals surface area contributed by atoms with Crippen LogP contribution >= 0.6 is 11.3 Å². The lowest BCUT2D eigenvalue weighted by molar-refractivity contribution is 0.0703. The molecule has 1 amide bonds. The van der Waals surface area contributed by atoms with Gasteiger partial charge in [-0.05, 0) is 29.1 Å². The number of methoxy groups -OCH3 is 2. The Hall–Kier alpha value is -2.88. The summed E-state index contributed by atoms with van der Waals surface area (Å²) in [4.78, 5) is 15.6. The maximum atomic E-state index is 13.3. The molecule has 32 heavy (non-hydrogen) atoms. The molecule has 1 fully saturated rings. The number of nitrogens with zero attached hydrogens (tertiary/aromatic N) is 2. The maximum Gasteiger partial charge on any atom is 0.264 e. The molecular formula is C23H24N2O5S2. The molecule has 0 bridgehead atoms. The first-order valence-electron chi connectivity index (χ1n) is 10.1. The summed E-state index contributed by atoms with van der Waals surface area (Å²) < 4.78 is 38.4. The van der Waals surface area contributed by atoms with Crippen LogP contribution in [-0.2, 0) is 10.0 Å². The minimum absolute atomic E-state index is 0.0590. The number of carbonyl (C=O) groups is 1. The van der Waals surface area contributed by atoms with E-state index in [0.717, 1.165) is 11.1 Å². The molecule has 0 atom stereocenters. The zero-order chi connectivity index (χ0) is 22.7. The number of amides is 1. The van der Waals surface area contributed by atoms with Crippen molar-refractivity contribution in [3.8, 4) is 22.6 Å². The van der Waals surface area contributed by atoms with Crippen molar-refractivity contribution in [3.63, 3.8) is 0 Å². The Morgan fingerprint density at radius 3 is 2.31 bits per heavy atom. The second-order valence-corrected chi connectivity index (χ2v) is 10.1. The van der Waals surface area contributed by atoms with E-state index in [1.54, 1.807) is 17.0 Å². The number of thiophene rings is 1. The lowest BCUT2D eigenvalue weighted by atomic mass is 10.1. The van der Waals surface area contributed by atoms with Crippen LogP contribution in [-0.4, -0.2) is 63.9 Å². The molecule has 7 nitrogen and oxygen atoms in total. The normalized spacial score (nSPS) is 14.9. The van der Waals surface area contributed by atoms with E-state index in [0.29, 0.717) is 23.7 Å². The highest BCUT2D eigenvalue weighted by atomic mass is 32.2. The van der Waals surface area contributed by atoms with Crippen LogP contribution < -0.4 is 9.47 Å². The van der Waals surface area contributed by atoms with Crippen molar-refractivity contribution in [1.29, 1.82) is 0 Å². The molecule has 1 saturated heterocycles. The van der Waals surface area contributed by atoms with Crippen LogP contribution in [0, 0.1) is 0 Å². The minimum Gasteiger partial charge on any atom is -0.497 e. The average Bonchev–Trinajstić information content (AvgIpc) is 3.34. The largest absolute Gasteiger partial charge is 0.497 e. The van der Waals surface area contributed by atoms with Crippen molar-refractivity contribution in [1.82, 2.24) is 9.21 Å². The predicted octanol–water partition coefficient (Wildman–Crippen LogP) is 3.58. The minimum atomic E-state index is -3.80. The molecule has 9 heteroatoms. The number of hydrogen-bond acceptors (Lipinski definition) is 6. The van der Waals surface area contributed by atoms with Crippen LogP contribution in [0.2, 0.25) is 0 Å². The molecule has 0 radical (unpaired) electrons. The van der Waals surface area contributed by atoms with Gasteiger partial charge in [-0.25, -0.2) is 8.42 Å². The summed E-state index contributed by atoms with van der Waals surface area (Å²) in [5.74, 6) is 0.620. The van der Waals surface area contributed by atoms with Crippen LogP contribution in [0.4, 0.5) is 0 Å². The summed E-state index contributed by atoms with van der Waals surface area (Å²) in [5, 5.41) is 1.91. The van der Waals surface area contributed by atoms with Crippen LogP contribution in [0.1, 0.15) is 9.67 Å². The number of sulfonamides is 1. The van der Waals surface area contributed by atoms with E-state index in [-0.39, 0.29) is 29.6 Å². The molecule has 0 aliphatic carbocycles. The Kier molecular flexibility index (Phi) is 6.50. The fraction of sp³-hybridized carbons (Fsp3) is 0.261. The summed E-state index contributed by atoms with van der Waals surface area (Å²) in [5.41, 5.74) is 1.89. The van der Waals surface area contributed by atoms with Gasteiger partial charge in [-0.2, -0.15) is 4.31 Å². The molecule has 0 unspecified atom stereocenters. The zero-order valence-corrected chi connectivity index (χ0v) is 19.5. The summed E-state index contributed by atoms with van der Waals surface area (Å²) in [6, 6.07) is 16.4. The van der Waals surface area contributed by atoms with E-state index >= 15 is 0 Å². The first kappa shape index (κ1) is 22.3. The van der Waals surface area contributed by atoms with Crippen molar-refractivity contribution >= 4 is 27.3 Å². The molecule has 0 saturated carbocycles. The van der Waals surface area contributed by atoms with Gasteiger partial charge in [0.2, 0.25) is 10.0 Å². The monoisotopic (exact) mass is 472 g/mol. The molecule has 4 rings (SSSR count). The third kappa shape index (κ3) is 4.23. The standard InChI is InChI=1S/C23H24N2O5S2/c1-29-18-8-9-20(30-2)21(16-18)32(27,28)25-13-11-24(12-14-25)23(26)22-19(10-15-31-22)17-6-4-3-5-7-17/h3-10,15-16H,11-14H2,1-2H3. The van der Waals surface area contributed by atoms with Gasteiger partial charge in [0.15, 0.2) is 0 Å². The molecule has 168 valence electrons. The van der Waals surface area contributed by atoms with Gasteiger partial charge in [0.05, 0.1) is 19.1 Å². The van der Waals surface area contributed by atoms with Gasteiger partial charge >= 0.3 is 0 Å². The molecule has 0 N–H and O–H groups in total. The second-order valence-electron chi connectivity index (χ2n) is 7.24. The van der Waals surface area contributed by atoms with Gasteiger partial charge in [0, 0.05) is 37.8 Å². The third-order valence-electron chi connectivity index (χ3n) is 5.46. The van der Waals surface area contributed by atoms with E-state index in [1.807, 2.05) is 41.8 Å². The number of hydrogen-bond donors (Lipinski definition) is 0. The first-order chi connectivity index (χ1) is 15.5. The van der Waals surface area contributed by atoms with Crippen LogP contribution in [0.3, 0.4) is 0 Å². The predicted molar refractivity (Wildman–Crippen MR) is 124 cm³/mol. The van der Waals surface area contributed by atoms with Crippen molar-refractivity contribution < 1.29 is 22.7 Å². The van der Waals surface area contributed by atoms with Crippen LogP contribution in [0.5, 0.6) is 11.5 Å². The number of ether oxygens (including phenoxy) is 2. The highest BCUT2D eigenvalue weighted by molar-refractivity contribution is 7.89. The molecule has 1 aliphatic rings. The number of rotatable bonds is 6. The Morgan fingerprint density at radius 2 is 1.66 bits per heavy atom. The topological polar surface area (TPSA) is 76.2 Å². The third-order valence-corrected chi connectivity index (χ3v) is 8.28. The Morgan fingerprint density at radius 1 is 0.938 bits per heavy atom. The lowest BCUT2D eigenvalue weighted by Crippen LogP contribution is -2.50. The molecule has 2 heterocycles. The van der Waals surface area contributed by atoms with Crippen molar-refractivity contribution in [2.45, 2.75) is 4.90 Å². The summed E-state index contributed by atoms with van der Waals surface area (Å²) >= 11 is 1.40. The molecule has 3 aromatic rings. The zero-order valence-electron chi connectivity index (χ0n) is 17.9. The second kappa shape index (κ2) is 9.32. The van der Waals surface area contributed by atoms with Crippen LogP contribution in [0.25, 0.3) is 11.1 Å². The van der Waals surface area contributed by atoms with Crippen molar-refractivity contribution in [2.24, 2.45) is 0 Å². The molecule has 1 aromatic heterocycles. The summed E-state index contributed by atoms with van der Waals surface area (Å²) in [6.45, 7) is 1.05. The average molecular weight is 473 g/mol. The van der Waals surface area contributed by atoms with Gasteiger partial charge in [-0.15, -0.1) is 11.3 Å². The maximum absolute atomic E-state index is 13.3. The van der Waals surface area contributed by atoms with E-state index in [4.69, 9.17) is 9.47 Å². The SMILES string of the molecule is COc1ccc(OC)c(S(=O)(=O)N2CCN(C(=O)c3sccc3-c3ccccc3)CC2)c1. The number of carbonyl (C=O) groups excluding carboxylic acids is 1. The fourth-order valence-corrected chi connectivity index (χ4v) is 6.20. The van der Waals surface area contributed by atoms with E-state index in [9.17, 15) is 13.2 Å². The highest BCUT2D eigenvalue weighted by Crippen LogP contribution is 2.32. The van der Waals surface area contributed by atoms with Gasteiger partial charge in [-0.3, -0.25) is 4.79 Å². The van der Waals surface area contributed by atoms with Gasteiger partial charge in [0.1, 0.15) is 16.4 Å². The van der Waals surface area contributed by atoms with Crippen molar-refractivity contribution in [2.75, 3.05) is 40.4 Å². The Balaban J connectivity index is 1.51. The Labute approximate surface area is 191 Å². The lowest BCUT2D eigenvalue weighted by Gasteiger charge is -2.34. The number of piperazine rings is 1. The Bertz CT molecular complexity index is 1200. The first-order valence-corrected chi connectivity index (χ1v) is 12.4. The van der Waals surface area contributed by atoms with Crippen LogP contribution in [0.15, 0.2) is 64.9 Å². The quantitative estimate of drug-likeness (QED) is 0.548.